The Kier molecular flexibility index (Phi) is 6.24. The fraction of sp³-hybridized carbons (Fsp3) is 0.294. The van der Waals surface area contributed by atoms with Crippen LogP contribution in [0.5, 0.6) is 0 Å². The molecule has 0 aliphatic carbocycles. The summed E-state index contributed by atoms with van der Waals surface area (Å²) in [7, 11) is -8.12. The standard InChI is InChI=1S/C17H16Cl2F2N2O4S2/c1-11-10-22(28(24,25)16-4-2-12(20)8-14(16)18)6-7-23(11)29(26,27)17-5-3-13(21)9-15(17)19/h2-5,8-9,11H,6-7,10H2,1H3. The molecule has 29 heavy (non-hydrogen) atoms. The van der Waals surface area contributed by atoms with E-state index < -0.39 is 37.7 Å². The average molecular weight is 485 g/mol. The summed E-state index contributed by atoms with van der Waals surface area (Å²) in [4.78, 5) is -0.518. The summed E-state index contributed by atoms with van der Waals surface area (Å²) in [6, 6.07) is 5.18. The molecule has 1 unspecified atom stereocenters. The van der Waals surface area contributed by atoms with E-state index in [0.29, 0.717) is 0 Å². The molecule has 0 amide bonds. The largest absolute Gasteiger partial charge is 0.244 e. The van der Waals surface area contributed by atoms with Crippen LogP contribution in [0.4, 0.5) is 8.78 Å². The number of rotatable bonds is 4. The summed E-state index contributed by atoms with van der Waals surface area (Å²) in [5.74, 6) is -1.34. The smallest absolute Gasteiger partial charge is 0.207 e. The maximum atomic E-state index is 13.3. The molecule has 0 radical (unpaired) electrons. The third-order valence-corrected chi connectivity index (χ3v) is 9.37. The lowest BCUT2D eigenvalue weighted by molar-refractivity contribution is 0.212. The zero-order chi connectivity index (χ0) is 21.6. The number of hydrogen-bond acceptors (Lipinski definition) is 4. The Morgan fingerprint density at radius 3 is 1.79 bits per heavy atom. The topological polar surface area (TPSA) is 74.8 Å². The van der Waals surface area contributed by atoms with Crippen molar-refractivity contribution in [3.8, 4) is 0 Å². The second-order valence-electron chi connectivity index (χ2n) is 6.48. The van der Waals surface area contributed by atoms with Gasteiger partial charge in [0, 0.05) is 25.7 Å². The fourth-order valence-electron chi connectivity index (χ4n) is 3.12. The third-order valence-electron chi connectivity index (χ3n) is 4.52. The van der Waals surface area contributed by atoms with Crippen LogP contribution in [0.3, 0.4) is 0 Å². The van der Waals surface area contributed by atoms with E-state index in [4.69, 9.17) is 23.2 Å². The normalized spacial score (nSPS) is 19.4. The minimum Gasteiger partial charge on any atom is -0.207 e. The van der Waals surface area contributed by atoms with Crippen molar-refractivity contribution in [2.75, 3.05) is 19.6 Å². The van der Waals surface area contributed by atoms with Gasteiger partial charge in [0.05, 0.1) is 10.0 Å². The number of hydrogen-bond donors (Lipinski definition) is 0. The molecule has 1 aliphatic heterocycles. The zero-order valence-corrected chi connectivity index (χ0v) is 18.2. The molecule has 0 saturated carbocycles. The molecule has 1 heterocycles. The molecule has 3 rings (SSSR count). The fourth-order valence-corrected chi connectivity index (χ4v) is 7.25. The first kappa shape index (κ1) is 22.4. The van der Waals surface area contributed by atoms with Crippen molar-refractivity contribution in [2.45, 2.75) is 22.8 Å². The molecule has 0 bridgehead atoms. The lowest BCUT2D eigenvalue weighted by atomic mass is 10.3. The Balaban J connectivity index is 1.87. The van der Waals surface area contributed by atoms with Crippen molar-refractivity contribution < 1.29 is 25.6 Å². The van der Waals surface area contributed by atoms with Gasteiger partial charge in [-0.2, -0.15) is 8.61 Å². The van der Waals surface area contributed by atoms with Crippen molar-refractivity contribution in [2.24, 2.45) is 0 Å². The van der Waals surface area contributed by atoms with E-state index in [-0.39, 0.29) is 39.5 Å². The average Bonchev–Trinajstić information content (AvgIpc) is 2.60. The minimum atomic E-state index is -4.07. The van der Waals surface area contributed by atoms with Crippen molar-refractivity contribution in [3.63, 3.8) is 0 Å². The van der Waals surface area contributed by atoms with Gasteiger partial charge in [0.25, 0.3) is 0 Å². The lowest BCUT2D eigenvalue weighted by Gasteiger charge is -2.38. The van der Waals surface area contributed by atoms with Gasteiger partial charge in [-0.3, -0.25) is 0 Å². The molecule has 2 aromatic carbocycles. The summed E-state index contributed by atoms with van der Waals surface area (Å²) in [6.45, 7) is 1.12. The summed E-state index contributed by atoms with van der Waals surface area (Å²) in [6.07, 6.45) is 0. The van der Waals surface area contributed by atoms with E-state index in [1.165, 1.54) is 0 Å². The molecule has 1 fully saturated rings. The van der Waals surface area contributed by atoms with Crippen molar-refractivity contribution in [1.82, 2.24) is 8.61 Å². The van der Waals surface area contributed by atoms with Gasteiger partial charge in [-0.15, -0.1) is 0 Å². The van der Waals surface area contributed by atoms with Gasteiger partial charge in [0.1, 0.15) is 21.4 Å². The van der Waals surface area contributed by atoms with Crippen LogP contribution in [0.1, 0.15) is 6.92 Å². The predicted octanol–water partition coefficient (Wildman–Crippen LogP) is 3.36. The van der Waals surface area contributed by atoms with Gasteiger partial charge in [-0.05, 0) is 43.3 Å². The van der Waals surface area contributed by atoms with Crippen molar-refractivity contribution in [1.29, 1.82) is 0 Å². The molecule has 1 aliphatic rings. The van der Waals surface area contributed by atoms with Crippen LogP contribution >= 0.6 is 23.2 Å². The van der Waals surface area contributed by atoms with Crippen LogP contribution in [-0.4, -0.2) is 51.1 Å². The van der Waals surface area contributed by atoms with Crippen LogP contribution in [0, 0.1) is 11.6 Å². The first-order valence-corrected chi connectivity index (χ1v) is 12.0. The summed E-state index contributed by atoms with van der Waals surface area (Å²) >= 11 is 11.8. The summed E-state index contributed by atoms with van der Waals surface area (Å²) in [5.41, 5.74) is 0. The Morgan fingerprint density at radius 1 is 0.862 bits per heavy atom. The predicted molar refractivity (Wildman–Crippen MR) is 105 cm³/mol. The SMILES string of the molecule is CC1CN(S(=O)(=O)c2ccc(F)cc2Cl)CCN1S(=O)(=O)c1ccc(F)cc1Cl. The van der Waals surface area contributed by atoms with E-state index in [2.05, 4.69) is 0 Å². The number of sulfonamides is 2. The highest BCUT2D eigenvalue weighted by atomic mass is 35.5. The van der Waals surface area contributed by atoms with Gasteiger partial charge in [-0.1, -0.05) is 23.2 Å². The van der Waals surface area contributed by atoms with Gasteiger partial charge < -0.3 is 0 Å². The van der Waals surface area contributed by atoms with E-state index in [9.17, 15) is 25.6 Å². The van der Waals surface area contributed by atoms with E-state index in [0.717, 1.165) is 45.0 Å². The van der Waals surface area contributed by atoms with Gasteiger partial charge in [0.2, 0.25) is 20.0 Å². The Labute approximate surface area is 177 Å². The first-order valence-electron chi connectivity index (χ1n) is 8.36. The van der Waals surface area contributed by atoms with Crippen LogP contribution in [0.25, 0.3) is 0 Å². The molecule has 6 nitrogen and oxygen atoms in total. The highest BCUT2D eigenvalue weighted by molar-refractivity contribution is 7.89. The Morgan fingerprint density at radius 2 is 1.34 bits per heavy atom. The molecular formula is C17H16Cl2F2N2O4S2. The van der Waals surface area contributed by atoms with E-state index in [1.807, 2.05) is 0 Å². The maximum absolute atomic E-state index is 13.3. The van der Waals surface area contributed by atoms with Crippen molar-refractivity contribution in [3.05, 3.63) is 58.1 Å². The van der Waals surface area contributed by atoms with Crippen LogP contribution in [0.2, 0.25) is 10.0 Å². The summed E-state index contributed by atoms with van der Waals surface area (Å²) in [5, 5.41) is -0.517. The highest BCUT2D eigenvalue weighted by Gasteiger charge is 2.39. The first-order chi connectivity index (χ1) is 13.4. The second kappa shape index (κ2) is 8.09. The minimum absolute atomic E-state index is 0.140. The monoisotopic (exact) mass is 484 g/mol. The second-order valence-corrected chi connectivity index (χ2v) is 11.1. The van der Waals surface area contributed by atoms with Gasteiger partial charge in [0.15, 0.2) is 0 Å². The molecule has 0 N–H and O–H groups in total. The van der Waals surface area contributed by atoms with Gasteiger partial charge >= 0.3 is 0 Å². The number of halogens is 4. The molecule has 0 aromatic heterocycles. The van der Waals surface area contributed by atoms with E-state index >= 15 is 0 Å². The molecule has 1 atom stereocenters. The zero-order valence-electron chi connectivity index (χ0n) is 15.0. The molecule has 0 spiro atoms. The third kappa shape index (κ3) is 4.28. The number of nitrogens with zero attached hydrogens (tertiary/aromatic N) is 2. The highest BCUT2D eigenvalue weighted by Crippen LogP contribution is 2.31. The maximum Gasteiger partial charge on any atom is 0.244 e. The lowest BCUT2D eigenvalue weighted by Crippen LogP contribution is -2.55. The molecule has 1 saturated heterocycles. The van der Waals surface area contributed by atoms with Crippen LogP contribution < -0.4 is 0 Å². The molecule has 12 heteroatoms. The Bertz CT molecular complexity index is 1160. The van der Waals surface area contributed by atoms with Crippen molar-refractivity contribution >= 4 is 43.2 Å². The molecule has 158 valence electrons. The Hall–Kier alpha value is -1.30. The van der Waals surface area contributed by atoms with E-state index in [1.54, 1.807) is 6.92 Å². The summed E-state index contributed by atoms with van der Waals surface area (Å²) < 4.78 is 80.3. The molecular weight excluding hydrogens is 469 g/mol. The van der Waals surface area contributed by atoms with Crippen LogP contribution in [0.15, 0.2) is 46.2 Å². The molecule has 2 aromatic rings. The quantitative estimate of drug-likeness (QED) is 0.666. The van der Waals surface area contributed by atoms with Gasteiger partial charge in [-0.25, -0.2) is 25.6 Å². The van der Waals surface area contributed by atoms with Crippen LogP contribution in [-0.2, 0) is 20.0 Å². The number of piperazine rings is 1. The number of benzene rings is 2.